The van der Waals surface area contributed by atoms with E-state index in [1.807, 2.05) is 0 Å². The van der Waals surface area contributed by atoms with Crippen LogP contribution in [0.2, 0.25) is 0 Å². The molecule has 2 aliphatic heterocycles. The van der Waals surface area contributed by atoms with Crippen molar-refractivity contribution in [3.8, 4) is 0 Å². The smallest absolute Gasteiger partial charge is 0.0583 e. The molecule has 98 valence electrons. The van der Waals surface area contributed by atoms with E-state index in [9.17, 15) is 10.2 Å². The van der Waals surface area contributed by atoms with E-state index in [1.54, 1.807) is 0 Å². The van der Waals surface area contributed by atoms with Gasteiger partial charge in [0.1, 0.15) is 0 Å². The van der Waals surface area contributed by atoms with Crippen LogP contribution in [0, 0.1) is 17.3 Å². The highest BCUT2D eigenvalue weighted by Crippen LogP contribution is 2.40. The molecule has 0 aromatic rings. The van der Waals surface area contributed by atoms with Gasteiger partial charge in [-0.2, -0.15) is 0 Å². The minimum Gasteiger partial charge on any atom is -0.396 e. The number of nitrogens with zero attached hydrogens (tertiary/aromatic N) is 1. The lowest BCUT2D eigenvalue weighted by molar-refractivity contribution is 0.0571. The Hall–Kier alpha value is -0.160. The number of aliphatic hydroxyl groups excluding tert-OH is 2. The van der Waals surface area contributed by atoms with Crippen LogP contribution >= 0.6 is 0 Å². The molecule has 4 heteroatoms. The first-order valence-corrected chi connectivity index (χ1v) is 6.81. The fourth-order valence-corrected chi connectivity index (χ4v) is 3.88. The van der Waals surface area contributed by atoms with Gasteiger partial charge in [0, 0.05) is 37.6 Å². The summed E-state index contributed by atoms with van der Waals surface area (Å²) >= 11 is 0. The van der Waals surface area contributed by atoms with Crippen molar-refractivity contribution in [2.24, 2.45) is 17.3 Å². The highest BCUT2D eigenvalue weighted by atomic mass is 16.5. The van der Waals surface area contributed by atoms with E-state index in [0.29, 0.717) is 18.4 Å². The van der Waals surface area contributed by atoms with Gasteiger partial charge >= 0.3 is 0 Å². The summed E-state index contributed by atoms with van der Waals surface area (Å²) in [6, 6.07) is 0. The lowest BCUT2D eigenvalue weighted by Crippen LogP contribution is -2.40. The van der Waals surface area contributed by atoms with E-state index in [4.69, 9.17) is 4.74 Å². The fraction of sp³-hybridized carbons (Fsp3) is 1.00. The summed E-state index contributed by atoms with van der Waals surface area (Å²) < 4.78 is 5.44. The average Bonchev–Trinajstić information content (AvgIpc) is 2.99. The fourth-order valence-electron chi connectivity index (χ4n) is 3.88. The molecule has 4 nitrogen and oxygen atoms in total. The molecule has 3 fully saturated rings. The summed E-state index contributed by atoms with van der Waals surface area (Å²) in [5, 5.41) is 19.5. The molecule has 4 unspecified atom stereocenters. The van der Waals surface area contributed by atoms with Crippen molar-refractivity contribution >= 4 is 0 Å². The van der Waals surface area contributed by atoms with E-state index in [2.05, 4.69) is 4.90 Å². The zero-order chi connectivity index (χ0) is 11.9. The molecular formula is C13H23NO3. The third-order valence-electron chi connectivity index (χ3n) is 4.97. The second kappa shape index (κ2) is 4.50. The zero-order valence-corrected chi connectivity index (χ0v) is 10.3. The summed E-state index contributed by atoms with van der Waals surface area (Å²) in [4.78, 5) is 2.43. The van der Waals surface area contributed by atoms with E-state index < -0.39 is 0 Å². The summed E-state index contributed by atoms with van der Waals surface area (Å²) in [5.41, 5.74) is -0.0381. The van der Waals surface area contributed by atoms with Gasteiger partial charge in [0.15, 0.2) is 0 Å². The third kappa shape index (κ3) is 2.12. The highest BCUT2D eigenvalue weighted by Gasteiger charge is 2.44. The molecule has 2 saturated heterocycles. The van der Waals surface area contributed by atoms with E-state index in [-0.39, 0.29) is 18.1 Å². The van der Waals surface area contributed by atoms with Crippen molar-refractivity contribution in [1.29, 1.82) is 0 Å². The van der Waals surface area contributed by atoms with Crippen LogP contribution in [0.25, 0.3) is 0 Å². The van der Waals surface area contributed by atoms with Gasteiger partial charge in [-0.15, -0.1) is 0 Å². The number of hydrogen-bond donors (Lipinski definition) is 2. The van der Waals surface area contributed by atoms with E-state index in [0.717, 1.165) is 39.1 Å². The second-order valence-electron chi connectivity index (χ2n) is 6.22. The minimum atomic E-state index is -0.0881. The van der Waals surface area contributed by atoms with Crippen LogP contribution < -0.4 is 0 Å². The van der Waals surface area contributed by atoms with Crippen LogP contribution in [0.5, 0.6) is 0 Å². The first-order chi connectivity index (χ1) is 8.22. The van der Waals surface area contributed by atoms with Gasteiger partial charge < -0.3 is 19.8 Å². The van der Waals surface area contributed by atoms with Gasteiger partial charge in [-0.05, 0) is 25.2 Å². The number of aliphatic hydroxyl groups is 2. The zero-order valence-electron chi connectivity index (χ0n) is 10.3. The highest BCUT2D eigenvalue weighted by molar-refractivity contribution is 4.96. The molecule has 3 aliphatic rings. The minimum absolute atomic E-state index is 0.0381. The monoisotopic (exact) mass is 241 g/mol. The van der Waals surface area contributed by atoms with E-state index in [1.165, 1.54) is 6.42 Å². The predicted octanol–water partition coefficient (Wildman–Crippen LogP) is 0.0881. The molecule has 0 bridgehead atoms. The van der Waals surface area contributed by atoms with Gasteiger partial charge in [-0.3, -0.25) is 0 Å². The van der Waals surface area contributed by atoms with Crippen LogP contribution in [-0.4, -0.2) is 60.7 Å². The molecule has 3 rings (SSSR count). The number of hydrogen-bond acceptors (Lipinski definition) is 4. The predicted molar refractivity (Wildman–Crippen MR) is 63.6 cm³/mol. The number of rotatable bonds is 3. The van der Waals surface area contributed by atoms with Crippen molar-refractivity contribution < 1.29 is 14.9 Å². The second-order valence-corrected chi connectivity index (χ2v) is 6.22. The van der Waals surface area contributed by atoms with Crippen molar-refractivity contribution in [1.82, 2.24) is 4.90 Å². The summed E-state index contributed by atoms with van der Waals surface area (Å²) in [6.45, 7) is 4.74. The Morgan fingerprint density at radius 1 is 1.29 bits per heavy atom. The Balaban J connectivity index is 1.60. The third-order valence-corrected chi connectivity index (χ3v) is 4.97. The van der Waals surface area contributed by atoms with Crippen molar-refractivity contribution in [2.45, 2.75) is 25.4 Å². The standard InChI is InChI=1S/C13H23NO3/c15-8-13(3-4-17-9-13)7-14-5-10-1-2-12(16)11(10)6-14/h10-12,15-16H,1-9H2. The van der Waals surface area contributed by atoms with Crippen LogP contribution in [-0.2, 0) is 4.74 Å². The lowest BCUT2D eigenvalue weighted by atomic mass is 9.88. The molecule has 0 aromatic carbocycles. The van der Waals surface area contributed by atoms with Gasteiger partial charge in [0.2, 0.25) is 0 Å². The maximum Gasteiger partial charge on any atom is 0.0583 e. The Morgan fingerprint density at radius 2 is 2.18 bits per heavy atom. The topological polar surface area (TPSA) is 52.9 Å². The maximum atomic E-state index is 9.90. The van der Waals surface area contributed by atoms with Crippen LogP contribution in [0.15, 0.2) is 0 Å². The molecule has 1 aliphatic carbocycles. The maximum absolute atomic E-state index is 9.90. The molecule has 0 amide bonds. The molecule has 0 spiro atoms. The van der Waals surface area contributed by atoms with Crippen LogP contribution in [0.3, 0.4) is 0 Å². The molecule has 2 heterocycles. The molecular weight excluding hydrogens is 218 g/mol. The largest absolute Gasteiger partial charge is 0.396 e. The summed E-state index contributed by atoms with van der Waals surface area (Å²) in [5.74, 6) is 1.16. The SMILES string of the molecule is OCC1(CN2CC3CCC(O)C3C2)CCOC1. The molecule has 17 heavy (non-hydrogen) atoms. The quantitative estimate of drug-likeness (QED) is 0.735. The van der Waals surface area contributed by atoms with Crippen molar-refractivity contribution in [3.05, 3.63) is 0 Å². The Kier molecular flexibility index (Phi) is 3.15. The molecule has 2 N–H and O–H groups in total. The normalized spacial score (nSPS) is 46.6. The molecule has 0 aromatic heterocycles. The molecule has 0 radical (unpaired) electrons. The Morgan fingerprint density at radius 3 is 2.82 bits per heavy atom. The summed E-state index contributed by atoms with van der Waals surface area (Å²) in [6.07, 6.45) is 3.04. The lowest BCUT2D eigenvalue weighted by Gasteiger charge is -2.30. The first kappa shape index (κ1) is 11.9. The average molecular weight is 241 g/mol. The Labute approximate surface area is 103 Å². The first-order valence-electron chi connectivity index (χ1n) is 6.81. The number of likely N-dealkylation sites (tertiary alicyclic amines) is 1. The van der Waals surface area contributed by atoms with Gasteiger partial charge in [-0.25, -0.2) is 0 Å². The van der Waals surface area contributed by atoms with Gasteiger partial charge in [0.05, 0.1) is 19.3 Å². The Bertz CT molecular complexity index is 278. The molecule has 4 atom stereocenters. The van der Waals surface area contributed by atoms with E-state index >= 15 is 0 Å². The van der Waals surface area contributed by atoms with Gasteiger partial charge in [0.25, 0.3) is 0 Å². The number of ether oxygens (including phenoxy) is 1. The van der Waals surface area contributed by atoms with Crippen molar-refractivity contribution in [2.75, 3.05) is 39.5 Å². The van der Waals surface area contributed by atoms with Gasteiger partial charge in [-0.1, -0.05) is 0 Å². The molecule has 1 saturated carbocycles. The van der Waals surface area contributed by atoms with Crippen LogP contribution in [0.1, 0.15) is 19.3 Å². The number of fused-ring (bicyclic) bond motifs is 1. The van der Waals surface area contributed by atoms with Crippen molar-refractivity contribution in [3.63, 3.8) is 0 Å². The van der Waals surface area contributed by atoms with Crippen LogP contribution in [0.4, 0.5) is 0 Å². The summed E-state index contributed by atoms with van der Waals surface area (Å²) in [7, 11) is 0.